The molecule has 0 aromatic heterocycles. The van der Waals surface area contributed by atoms with Crippen LogP contribution in [0.15, 0.2) is 42.5 Å². The van der Waals surface area contributed by atoms with Crippen LogP contribution >= 0.6 is 23.2 Å². The summed E-state index contributed by atoms with van der Waals surface area (Å²) in [6.45, 7) is 0. The molecule has 2 N–H and O–H groups in total. The molecule has 1 atom stereocenters. The number of hydrogen-bond donors (Lipinski definition) is 1. The molecule has 0 saturated heterocycles. The number of nitrogens with two attached hydrogens (primary N) is 1. The summed E-state index contributed by atoms with van der Waals surface area (Å²) in [7, 11) is 0. The maximum absolute atomic E-state index is 13.1. The molecule has 94 valence electrons. The SMILES string of the molecule is NC(Cc1cccc(Cl)c1)c1ccc(F)c(Cl)c1. The fourth-order valence-electron chi connectivity index (χ4n) is 1.78. The quantitative estimate of drug-likeness (QED) is 0.889. The van der Waals surface area contributed by atoms with Crippen molar-refractivity contribution in [3.05, 3.63) is 69.5 Å². The summed E-state index contributed by atoms with van der Waals surface area (Å²) in [6, 6.07) is 11.8. The van der Waals surface area contributed by atoms with Crippen molar-refractivity contribution in [3.63, 3.8) is 0 Å². The molecule has 18 heavy (non-hydrogen) atoms. The minimum Gasteiger partial charge on any atom is -0.324 e. The summed E-state index contributed by atoms with van der Waals surface area (Å²) in [6.07, 6.45) is 0.628. The molecule has 2 rings (SSSR count). The molecule has 0 aliphatic carbocycles. The summed E-state index contributed by atoms with van der Waals surface area (Å²) in [5.41, 5.74) is 7.92. The average molecular weight is 284 g/mol. The lowest BCUT2D eigenvalue weighted by Gasteiger charge is -2.13. The lowest BCUT2D eigenvalue weighted by molar-refractivity contribution is 0.625. The van der Waals surface area contributed by atoms with Crippen molar-refractivity contribution in [2.75, 3.05) is 0 Å². The molecule has 0 aliphatic rings. The minimum atomic E-state index is -0.435. The summed E-state index contributed by atoms with van der Waals surface area (Å²) in [5.74, 6) is -0.435. The average Bonchev–Trinajstić information content (AvgIpc) is 2.32. The van der Waals surface area contributed by atoms with Crippen LogP contribution in [0.2, 0.25) is 10.0 Å². The monoisotopic (exact) mass is 283 g/mol. The molecular weight excluding hydrogens is 272 g/mol. The molecule has 0 spiro atoms. The Balaban J connectivity index is 2.16. The van der Waals surface area contributed by atoms with Gasteiger partial charge in [0.1, 0.15) is 5.82 Å². The van der Waals surface area contributed by atoms with Crippen LogP contribution in [-0.4, -0.2) is 0 Å². The van der Waals surface area contributed by atoms with E-state index in [1.165, 1.54) is 6.07 Å². The van der Waals surface area contributed by atoms with E-state index in [2.05, 4.69) is 0 Å². The van der Waals surface area contributed by atoms with Crippen molar-refractivity contribution in [2.24, 2.45) is 5.73 Å². The topological polar surface area (TPSA) is 26.0 Å². The number of benzene rings is 2. The Kier molecular flexibility index (Phi) is 4.23. The maximum atomic E-state index is 13.1. The number of halogens is 3. The molecule has 2 aromatic rings. The lowest BCUT2D eigenvalue weighted by Crippen LogP contribution is -2.13. The van der Waals surface area contributed by atoms with E-state index < -0.39 is 5.82 Å². The third kappa shape index (κ3) is 3.22. The first kappa shape index (κ1) is 13.3. The van der Waals surface area contributed by atoms with E-state index in [1.807, 2.05) is 24.3 Å². The van der Waals surface area contributed by atoms with Gasteiger partial charge in [-0.25, -0.2) is 4.39 Å². The molecule has 1 nitrogen and oxygen atoms in total. The molecule has 1 unspecified atom stereocenters. The van der Waals surface area contributed by atoms with E-state index >= 15 is 0 Å². The van der Waals surface area contributed by atoms with E-state index in [9.17, 15) is 4.39 Å². The van der Waals surface area contributed by atoms with E-state index in [4.69, 9.17) is 28.9 Å². The van der Waals surface area contributed by atoms with Crippen LogP contribution in [0.1, 0.15) is 17.2 Å². The highest BCUT2D eigenvalue weighted by molar-refractivity contribution is 6.31. The first-order chi connectivity index (χ1) is 8.56. The van der Waals surface area contributed by atoms with Crippen molar-refractivity contribution in [1.82, 2.24) is 0 Å². The van der Waals surface area contributed by atoms with E-state index in [-0.39, 0.29) is 11.1 Å². The molecule has 2 aromatic carbocycles. The second-order valence-electron chi connectivity index (χ2n) is 4.11. The van der Waals surface area contributed by atoms with Crippen molar-refractivity contribution >= 4 is 23.2 Å². The largest absolute Gasteiger partial charge is 0.324 e. The second-order valence-corrected chi connectivity index (χ2v) is 4.96. The van der Waals surface area contributed by atoms with Crippen molar-refractivity contribution in [3.8, 4) is 0 Å². The molecule has 0 saturated carbocycles. The van der Waals surface area contributed by atoms with Gasteiger partial charge in [-0.3, -0.25) is 0 Å². The predicted molar refractivity (Wildman–Crippen MR) is 73.5 cm³/mol. The van der Waals surface area contributed by atoms with Gasteiger partial charge >= 0.3 is 0 Å². The molecule has 4 heteroatoms. The van der Waals surface area contributed by atoms with Crippen LogP contribution in [0, 0.1) is 5.82 Å². The van der Waals surface area contributed by atoms with Gasteiger partial charge in [-0.1, -0.05) is 41.4 Å². The lowest BCUT2D eigenvalue weighted by atomic mass is 10.00. The second kappa shape index (κ2) is 5.70. The van der Waals surface area contributed by atoms with Gasteiger partial charge in [0.15, 0.2) is 0 Å². The molecule has 0 heterocycles. The number of rotatable bonds is 3. The standard InChI is InChI=1S/C14H12Cl2FN/c15-11-3-1-2-9(6-11)7-14(18)10-4-5-13(17)12(16)8-10/h1-6,8,14H,7,18H2. The van der Waals surface area contributed by atoms with Gasteiger partial charge in [0.05, 0.1) is 5.02 Å². The highest BCUT2D eigenvalue weighted by Crippen LogP contribution is 2.23. The maximum Gasteiger partial charge on any atom is 0.141 e. The Morgan fingerprint density at radius 1 is 1.11 bits per heavy atom. The first-order valence-corrected chi connectivity index (χ1v) is 6.27. The molecule has 0 bridgehead atoms. The van der Waals surface area contributed by atoms with Crippen LogP contribution in [-0.2, 0) is 6.42 Å². The number of hydrogen-bond acceptors (Lipinski definition) is 1. The minimum absolute atomic E-state index is 0.0917. The van der Waals surface area contributed by atoms with Gasteiger partial charge in [0.2, 0.25) is 0 Å². The normalized spacial score (nSPS) is 12.4. The van der Waals surface area contributed by atoms with Gasteiger partial charge in [-0.15, -0.1) is 0 Å². The Morgan fingerprint density at radius 2 is 1.89 bits per heavy atom. The zero-order valence-electron chi connectivity index (χ0n) is 9.54. The summed E-state index contributed by atoms with van der Waals surface area (Å²) in [5, 5.41) is 0.769. The fraction of sp³-hybridized carbons (Fsp3) is 0.143. The smallest absolute Gasteiger partial charge is 0.141 e. The van der Waals surface area contributed by atoms with Gasteiger partial charge < -0.3 is 5.73 Å². The van der Waals surface area contributed by atoms with Crippen LogP contribution in [0.3, 0.4) is 0 Å². The summed E-state index contributed by atoms with van der Waals surface area (Å²) < 4.78 is 13.1. The van der Waals surface area contributed by atoms with Gasteiger partial charge in [0.25, 0.3) is 0 Å². The van der Waals surface area contributed by atoms with E-state index in [1.54, 1.807) is 12.1 Å². The zero-order chi connectivity index (χ0) is 13.1. The fourth-order valence-corrected chi connectivity index (χ4v) is 2.18. The van der Waals surface area contributed by atoms with Crippen molar-refractivity contribution in [2.45, 2.75) is 12.5 Å². The van der Waals surface area contributed by atoms with Crippen LogP contribution in [0.4, 0.5) is 4.39 Å². The van der Waals surface area contributed by atoms with Crippen molar-refractivity contribution < 1.29 is 4.39 Å². The van der Waals surface area contributed by atoms with Crippen LogP contribution < -0.4 is 5.73 Å². The Hall–Kier alpha value is -1.09. The molecular formula is C14H12Cl2FN. The van der Waals surface area contributed by atoms with Gasteiger partial charge in [0, 0.05) is 11.1 Å². The molecule has 0 amide bonds. The third-order valence-corrected chi connectivity index (χ3v) is 3.24. The highest BCUT2D eigenvalue weighted by Gasteiger charge is 2.09. The zero-order valence-corrected chi connectivity index (χ0v) is 11.0. The molecule has 0 fully saturated rings. The Labute approximate surface area is 115 Å². The molecule has 0 radical (unpaired) electrons. The van der Waals surface area contributed by atoms with E-state index in [0.717, 1.165) is 11.1 Å². The van der Waals surface area contributed by atoms with Gasteiger partial charge in [-0.2, -0.15) is 0 Å². The third-order valence-electron chi connectivity index (χ3n) is 2.72. The Morgan fingerprint density at radius 3 is 2.56 bits per heavy atom. The highest BCUT2D eigenvalue weighted by atomic mass is 35.5. The first-order valence-electron chi connectivity index (χ1n) is 5.51. The Bertz CT molecular complexity index is 557. The molecule has 0 aliphatic heterocycles. The van der Waals surface area contributed by atoms with Crippen LogP contribution in [0.25, 0.3) is 0 Å². The predicted octanol–water partition coefficient (Wildman–Crippen LogP) is 4.38. The van der Waals surface area contributed by atoms with Crippen LogP contribution in [0.5, 0.6) is 0 Å². The summed E-state index contributed by atoms with van der Waals surface area (Å²) >= 11 is 11.6. The summed E-state index contributed by atoms with van der Waals surface area (Å²) in [4.78, 5) is 0. The van der Waals surface area contributed by atoms with Crippen molar-refractivity contribution in [1.29, 1.82) is 0 Å². The van der Waals surface area contributed by atoms with E-state index in [0.29, 0.717) is 11.4 Å². The van der Waals surface area contributed by atoms with Gasteiger partial charge in [-0.05, 0) is 41.8 Å².